The Morgan fingerprint density at radius 2 is 1.57 bits per heavy atom. The molecule has 0 heterocycles. The van der Waals surface area contributed by atoms with Gasteiger partial charge in [0.2, 0.25) is 0 Å². The number of methoxy groups -OCH3 is 1. The van der Waals surface area contributed by atoms with E-state index in [0.717, 1.165) is 6.42 Å². The van der Waals surface area contributed by atoms with Gasteiger partial charge in [-0.05, 0) is 12.8 Å². The van der Waals surface area contributed by atoms with Gasteiger partial charge in [0.15, 0.2) is 0 Å². The third-order valence-corrected chi connectivity index (χ3v) is 3.70. The third kappa shape index (κ3) is 14.1. The van der Waals surface area contributed by atoms with Crippen molar-refractivity contribution in [3.63, 3.8) is 0 Å². The molecule has 0 spiro atoms. The fourth-order valence-corrected chi connectivity index (χ4v) is 2.27. The van der Waals surface area contributed by atoms with Crippen molar-refractivity contribution in [1.29, 1.82) is 0 Å². The molecule has 0 aliphatic heterocycles. The molecule has 0 bridgehead atoms. The van der Waals surface area contributed by atoms with E-state index in [9.17, 15) is 9.90 Å². The van der Waals surface area contributed by atoms with Crippen molar-refractivity contribution < 1.29 is 19.4 Å². The summed E-state index contributed by atoms with van der Waals surface area (Å²) in [7, 11) is 1.37. The van der Waals surface area contributed by atoms with Gasteiger partial charge in [-0.1, -0.05) is 58.3 Å². The van der Waals surface area contributed by atoms with Gasteiger partial charge in [0.25, 0.3) is 0 Å². The van der Waals surface area contributed by atoms with Gasteiger partial charge in [-0.2, -0.15) is 0 Å². The maximum absolute atomic E-state index is 11.0. The Hall–Kier alpha value is -0.610. The van der Waals surface area contributed by atoms with E-state index >= 15 is 0 Å². The zero-order valence-corrected chi connectivity index (χ0v) is 13.9. The van der Waals surface area contributed by atoms with Crippen molar-refractivity contribution >= 4 is 5.97 Å². The molecule has 0 aliphatic rings. The molecule has 0 aromatic heterocycles. The van der Waals surface area contributed by atoms with Gasteiger partial charge >= 0.3 is 5.97 Å². The van der Waals surface area contributed by atoms with Gasteiger partial charge in [0.05, 0.1) is 19.8 Å². The fraction of sp³-hybridized carbons (Fsp3) is 0.941. The Morgan fingerprint density at radius 3 is 2.10 bits per heavy atom. The molecular formula is C17H34O4. The van der Waals surface area contributed by atoms with E-state index in [2.05, 4.69) is 11.7 Å². The van der Waals surface area contributed by atoms with Gasteiger partial charge in [0.1, 0.15) is 0 Å². The maximum atomic E-state index is 11.0. The molecule has 1 N–H and O–H groups in total. The summed E-state index contributed by atoms with van der Waals surface area (Å²) in [6, 6.07) is 0. The van der Waals surface area contributed by atoms with Crippen molar-refractivity contribution in [2.45, 2.75) is 83.7 Å². The summed E-state index contributed by atoms with van der Waals surface area (Å²) in [5.41, 5.74) is 0. The van der Waals surface area contributed by atoms with Crippen LogP contribution in [0.15, 0.2) is 0 Å². The molecule has 0 saturated heterocycles. The summed E-state index contributed by atoms with van der Waals surface area (Å²) < 4.78 is 10.2. The van der Waals surface area contributed by atoms with Gasteiger partial charge in [-0.15, -0.1) is 0 Å². The molecule has 0 saturated carbocycles. The highest BCUT2D eigenvalue weighted by atomic mass is 16.5. The van der Waals surface area contributed by atoms with Crippen LogP contribution < -0.4 is 0 Å². The predicted octanol–water partition coefficient (Wildman–Crippen LogP) is 3.85. The Balaban J connectivity index is 3.33. The summed E-state index contributed by atoms with van der Waals surface area (Å²) in [6.07, 6.45) is 12.1. The second-order valence-corrected chi connectivity index (χ2v) is 5.62. The van der Waals surface area contributed by atoms with Crippen molar-refractivity contribution in [2.75, 3.05) is 20.3 Å². The quantitative estimate of drug-likeness (QED) is 0.369. The number of aliphatic hydroxyl groups excluding tert-OH is 1. The summed E-state index contributed by atoms with van der Waals surface area (Å²) in [4.78, 5) is 11.0. The van der Waals surface area contributed by atoms with Crippen LogP contribution in [0.3, 0.4) is 0 Å². The highest BCUT2D eigenvalue weighted by Crippen LogP contribution is 2.10. The summed E-state index contributed by atoms with van der Waals surface area (Å²) >= 11 is 0. The first-order valence-electron chi connectivity index (χ1n) is 8.53. The standard InChI is InChI=1S/C17H34O4/c1-3-4-5-6-7-8-9-10-11-14-21-16(15-18)12-13-17(19)20-2/h16,18H,3-15H2,1-2H3. The summed E-state index contributed by atoms with van der Waals surface area (Å²) in [5.74, 6) is -0.250. The minimum absolute atomic E-state index is 0.0333. The van der Waals surface area contributed by atoms with E-state index < -0.39 is 0 Å². The SMILES string of the molecule is CCCCCCCCCCCOC(CO)CCC(=O)OC. The Morgan fingerprint density at radius 1 is 1.00 bits per heavy atom. The highest BCUT2D eigenvalue weighted by Gasteiger charge is 2.10. The molecule has 0 aliphatic carbocycles. The smallest absolute Gasteiger partial charge is 0.305 e. The first-order valence-corrected chi connectivity index (χ1v) is 8.53. The minimum Gasteiger partial charge on any atom is -0.469 e. The van der Waals surface area contributed by atoms with Crippen LogP contribution in [0.25, 0.3) is 0 Å². The van der Waals surface area contributed by atoms with Crippen LogP contribution in [0.5, 0.6) is 0 Å². The first kappa shape index (κ1) is 20.4. The highest BCUT2D eigenvalue weighted by molar-refractivity contribution is 5.69. The first-order chi connectivity index (χ1) is 10.2. The number of hydrogen-bond donors (Lipinski definition) is 1. The van der Waals surface area contributed by atoms with Crippen LogP contribution >= 0.6 is 0 Å². The zero-order chi connectivity index (χ0) is 15.8. The molecule has 0 aromatic rings. The molecule has 1 unspecified atom stereocenters. The average molecular weight is 302 g/mol. The molecule has 21 heavy (non-hydrogen) atoms. The summed E-state index contributed by atoms with van der Waals surface area (Å²) in [6.45, 7) is 2.88. The number of unbranched alkanes of at least 4 members (excludes halogenated alkanes) is 8. The van der Waals surface area contributed by atoms with Gasteiger partial charge in [-0.3, -0.25) is 4.79 Å². The lowest BCUT2D eigenvalue weighted by molar-refractivity contribution is -0.141. The third-order valence-electron chi connectivity index (χ3n) is 3.70. The molecule has 126 valence electrons. The predicted molar refractivity (Wildman–Crippen MR) is 85.3 cm³/mol. The zero-order valence-electron chi connectivity index (χ0n) is 13.9. The number of rotatable bonds is 15. The van der Waals surface area contributed by atoms with Crippen LogP contribution in [-0.2, 0) is 14.3 Å². The van der Waals surface area contributed by atoms with E-state index in [1.807, 2.05) is 0 Å². The normalized spacial score (nSPS) is 12.3. The molecule has 4 heteroatoms. The number of hydrogen-bond acceptors (Lipinski definition) is 4. The van der Waals surface area contributed by atoms with Gasteiger partial charge in [-0.25, -0.2) is 0 Å². The average Bonchev–Trinajstić information content (AvgIpc) is 2.51. The van der Waals surface area contributed by atoms with Crippen molar-refractivity contribution in [2.24, 2.45) is 0 Å². The van der Waals surface area contributed by atoms with Crippen molar-refractivity contribution in [3.8, 4) is 0 Å². The van der Waals surface area contributed by atoms with Crippen molar-refractivity contribution in [1.82, 2.24) is 0 Å². The van der Waals surface area contributed by atoms with E-state index in [1.165, 1.54) is 58.5 Å². The van der Waals surface area contributed by atoms with Crippen molar-refractivity contribution in [3.05, 3.63) is 0 Å². The molecule has 0 fully saturated rings. The number of aliphatic hydroxyl groups is 1. The minimum atomic E-state index is -0.250. The number of carbonyl (C=O) groups excluding carboxylic acids is 1. The van der Waals surface area contributed by atoms with Crippen LogP contribution in [-0.4, -0.2) is 37.5 Å². The number of ether oxygens (including phenoxy) is 2. The Labute approximate surface area is 130 Å². The molecular weight excluding hydrogens is 268 g/mol. The molecule has 0 aromatic carbocycles. The largest absolute Gasteiger partial charge is 0.469 e. The number of esters is 1. The fourth-order valence-electron chi connectivity index (χ4n) is 2.27. The lowest BCUT2D eigenvalue weighted by Crippen LogP contribution is -2.20. The lowest BCUT2D eigenvalue weighted by atomic mass is 10.1. The second kappa shape index (κ2) is 15.8. The van der Waals surface area contributed by atoms with Crippen LogP contribution in [0.1, 0.15) is 77.6 Å². The molecule has 0 rings (SSSR count). The van der Waals surface area contributed by atoms with Crippen LogP contribution in [0.4, 0.5) is 0 Å². The van der Waals surface area contributed by atoms with Crippen LogP contribution in [0, 0.1) is 0 Å². The molecule has 1 atom stereocenters. The number of carbonyl (C=O) groups is 1. The lowest BCUT2D eigenvalue weighted by Gasteiger charge is -2.14. The summed E-state index contributed by atoms with van der Waals surface area (Å²) in [5, 5.41) is 9.18. The van der Waals surface area contributed by atoms with E-state index in [-0.39, 0.29) is 18.7 Å². The van der Waals surface area contributed by atoms with E-state index in [1.54, 1.807) is 0 Å². The second-order valence-electron chi connectivity index (χ2n) is 5.62. The van der Waals surface area contributed by atoms with Crippen LogP contribution in [0.2, 0.25) is 0 Å². The van der Waals surface area contributed by atoms with E-state index in [0.29, 0.717) is 19.4 Å². The maximum Gasteiger partial charge on any atom is 0.305 e. The monoisotopic (exact) mass is 302 g/mol. The van der Waals surface area contributed by atoms with Gasteiger partial charge < -0.3 is 14.6 Å². The molecule has 4 nitrogen and oxygen atoms in total. The Bertz CT molecular complexity index is 231. The Kier molecular flexibility index (Phi) is 15.3. The van der Waals surface area contributed by atoms with Gasteiger partial charge in [0, 0.05) is 13.0 Å². The molecule has 0 radical (unpaired) electrons. The topological polar surface area (TPSA) is 55.8 Å². The van der Waals surface area contributed by atoms with E-state index in [4.69, 9.17) is 4.74 Å². The molecule has 0 amide bonds.